The van der Waals surface area contributed by atoms with Crippen molar-refractivity contribution in [2.75, 3.05) is 26.7 Å². The fourth-order valence-corrected chi connectivity index (χ4v) is 1.83. The number of aryl methyl sites for hydroxylation is 1. The number of benzene rings is 1. The second-order valence-corrected chi connectivity index (χ2v) is 5.12. The molecule has 0 radical (unpaired) electrons. The minimum Gasteiger partial charge on any atom is -0.492 e. The van der Waals surface area contributed by atoms with Gasteiger partial charge in [0.2, 0.25) is 5.91 Å². The van der Waals surface area contributed by atoms with Gasteiger partial charge in [0.25, 0.3) is 0 Å². The van der Waals surface area contributed by atoms with Crippen LogP contribution in [0.4, 0.5) is 4.79 Å². The van der Waals surface area contributed by atoms with Gasteiger partial charge in [-0.05, 0) is 39.4 Å². The van der Waals surface area contributed by atoms with Crippen molar-refractivity contribution in [3.8, 4) is 5.75 Å². The van der Waals surface area contributed by atoms with E-state index < -0.39 is 12.1 Å². The Balaban J connectivity index is 2.38. The number of urea groups is 1. The second-order valence-electron chi connectivity index (χ2n) is 5.12. The number of imide groups is 1. The Morgan fingerprint density at radius 1 is 1.32 bits per heavy atom. The smallest absolute Gasteiger partial charge is 0.321 e. The highest BCUT2D eigenvalue weighted by atomic mass is 16.5. The van der Waals surface area contributed by atoms with Crippen molar-refractivity contribution in [3.05, 3.63) is 29.8 Å². The Morgan fingerprint density at radius 3 is 2.64 bits per heavy atom. The number of ether oxygens (including phenoxy) is 1. The summed E-state index contributed by atoms with van der Waals surface area (Å²) in [6, 6.07) is 6.91. The normalized spacial score (nSPS) is 11.9. The van der Waals surface area contributed by atoms with Crippen LogP contribution in [-0.4, -0.2) is 49.6 Å². The van der Waals surface area contributed by atoms with Crippen LogP contribution in [0, 0.1) is 6.92 Å². The van der Waals surface area contributed by atoms with Gasteiger partial charge in [-0.3, -0.25) is 15.0 Å². The van der Waals surface area contributed by atoms with E-state index in [0.717, 1.165) is 11.3 Å². The van der Waals surface area contributed by atoms with E-state index in [1.165, 1.54) is 0 Å². The molecule has 0 saturated carbocycles. The molecule has 0 aromatic heterocycles. The summed E-state index contributed by atoms with van der Waals surface area (Å²) >= 11 is 0. The SMILES string of the molecule is CCNC(=O)NC(=O)C(C)N(C)CCOc1ccccc1C. The van der Waals surface area contributed by atoms with Crippen molar-refractivity contribution in [3.63, 3.8) is 0 Å². The third-order valence-corrected chi connectivity index (χ3v) is 3.41. The van der Waals surface area contributed by atoms with Crippen LogP contribution in [0.1, 0.15) is 19.4 Å². The highest BCUT2D eigenvalue weighted by Gasteiger charge is 2.19. The number of carbonyl (C=O) groups excluding carboxylic acids is 2. The van der Waals surface area contributed by atoms with Crippen LogP contribution in [0.25, 0.3) is 0 Å². The molecule has 0 aliphatic heterocycles. The standard InChI is InChI=1S/C16H25N3O3/c1-5-17-16(21)18-15(20)13(3)19(4)10-11-22-14-9-7-6-8-12(14)2/h6-9,13H,5,10-11H2,1-4H3,(H2,17,18,20,21). The first kappa shape index (κ1) is 18.0. The van der Waals surface area contributed by atoms with Crippen LogP contribution >= 0.6 is 0 Å². The van der Waals surface area contributed by atoms with E-state index in [9.17, 15) is 9.59 Å². The number of hydrogen-bond acceptors (Lipinski definition) is 4. The van der Waals surface area contributed by atoms with E-state index >= 15 is 0 Å². The summed E-state index contributed by atoms with van der Waals surface area (Å²) in [7, 11) is 1.82. The van der Waals surface area contributed by atoms with Crippen molar-refractivity contribution >= 4 is 11.9 Å². The van der Waals surface area contributed by atoms with Gasteiger partial charge in [0.1, 0.15) is 12.4 Å². The van der Waals surface area contributed by atoms with E-state index in [0.29, 0.717) is 19.7 Å². The first-order chi connectivity index (χ1) is 10.5. The van der Waals surface area contributed by atoms with Gasteiger partial charge in [0.05, 0.1) is 6.04 Å². The average Bonchev–Trinajstić information content (AvgIpc) is 2.48. The molecule has 6 nitrogen and oxygen atoms in total. The summed E-state index contributed by atoms with van der Waals surface area (Å²) in [5, 5.41) is 4.83. The molecule has 0 bridgehead atoms. The van der Waals surface area contributed by atoms with Crippen molar-refractivity contribution in [1.82, 2.24) is 15.5 Å². The van der Waals surface area contributed by atoms with Gasteiger partial charge in [-0.15, -0.1) is 0 Å². The van der Waals surface area contributed by atoms with Gasteiger partial charge in [-0.1, -0.05) is 18.2 Å². The molecular formula is C16H25N3O3. The quantitative estimate of drug-likeness (QED) is 0.801. The number of para-hydroxylation sites is 1. The van der Waals surface area contributed by atoms with Crippen LogP contribution < -0.4 is 15.4 Å². The monoisotopic (exact) mass is 307 g/mol. The maximum Gasteiger partial charge on any atom is 0.321 e. The molecule has 0 fully saturated rings. The van der Waals surface area contributed by atoms with Crippen LogP contribution in [0.2, 0.25) is 0 Å². The van der Waals surface area contributed by atoms with Crippen LogP contribution in [0.5, 0.6) is 5.75 Å². The van der Waals surface area contributed by atoms with Crippen molar-refractivity contribution in [2.24, 2.45) is 0 Å². The lowest BCUT2D eigenvalue weighted by Crippen LogP contribution is -2.49. The molecule has 1 atom stereocenters. The minimum atomic E-state index is -0.469. The highest BCUT2D eigenvalue weighted by molar-refractivity contribution is 5.96. The molecular weight excluding hydrogens is 282 g/mol. The fourth-order valence-electron chi connectivity index (χ4n) is 1.83. The van der Waals surface area contributed by atoms with Gasteiger partial charge >= 0.3 is 6.03 Å². The predicted molar refractivity (Wildman–Crippen MR) is 86.0 cm³/mol. The number of likely N-dealkylation sites (N-methyl/N-ethyl adjacent to an activating group) is 1. The van der Waals surface area contributed by atoms with Crippen LogP contribution in [-0.2, 0) is 4.79 Å². The Hall–Kier alpha value is -2.08. The third kappa shape index (κ3) is 5.73. The maximum atomic E-state index is 11.9. The third-order valence-electron chi connectivity index (χ3n) is 3.41. The molecule has 1 aromatic carbocycles. The van der Waals surface area contributed by atoms with Gasteiger partial charge in [0.15, 0.2) is 0 Å². The molecule has 122 valence electrons. The van der Waals surface area contributed by atoms with Crippen molar-refractivity contribution in [2.45, 2.75) is 26.8 Å². The number of nitrogens with one attached hydrogen (secondary N) is 2. The van der Waals surface area contributed by atoms with E-state index in [-0.39, 0.29) is 5.91 Å². The molecule has 0 heterocycles. The Bertz CT molecular complexity index is 505. The zero-order valence-electron chi connectivity index (χ0n) is 13.7. The predicted octanol–water partition coefficient (Wildman–Crippen LogP) is 1.54. The molecule has 6 heteroatoms. The number of hydrogen-bond donors (Lipinski definition) is 2. The molecule has 0 saturated heterocycles. The van der Waals surface area contributed by atoms with Crippen LogP contribution in [0.15, 0.2) is 24.3 Å². The second kappa shape index (κ2) is 9.04. The summed E-state index contributed by atoms with van der Waals surface area (Å²) in [6.07, 6.45) is 0. The summed E-state index contributed by atoms with van der Waals surface area (Å²) < 4.78 is 5.70. The summed E-state index contributed by atoms with van der Waals surface area (Å²) in [4.78, 5) is 25.1. The topological polar surface area (TPSA) is 70.7 Å². The zero-order chi connectivity index (χ0) is 16.5. The first-order valence-corrected chi connectivity index (χ1v) is 7.43. The summed E-state index contributed by atoms with van der Waals surface area (Å²) in [6.45, 7) is 7.07. The highest BCUT2D eigenvalue weighted by Crippen LogP contribution is 2.15. The fraction of sp³-hybridized carbons (Fsp3) is 0.500. The van der Waals surface area contributed by atoms with E-state index in [4.69, 9.17) is 4.74 Å². The van der Waals surface area contributed by atoms with Gasteiger partial charge in [0, 0.05) is 13.1 Å². The molecule has 1 unspecified atom stereocenters. The van der Waals surface area contributed by atoms with Gasteiger partial charge in [-0.25, -0.2) is 4.79 Å². The van der Waals surface area contributed by atoms with Gasteiger partial charge in [-0.2, -0.15) is 0 Å². The van der Waals surface area contributed by atoms with Crippen molar-refractivity contribution < 1.29 is 14.3 Å². The Morgan fingerprint density at radius 2 is 2.00 bits per heavy atom. The summed E-state index contributed by atoms with van der Waals surface area (Å²) in [5.41, 5.74) is 1.08. The minimum absolute atomic E-state index is 0.329. The Labute approximate surface area is 131 Å². The average molecular weight is 307 g/mol. The molecule has 22 heavy (non-hydrogen) atoms. The number of rotatable bonds is 7. The van der Waals surface area contributed by atoms with Gasteiger partial charge < -0.3 is 10.1 Å². The van der Waals surface area contributed by atoms with Crippen LogP contribution in [0.3, 0.4) is 0 Å². The molecule has 2 N–H and O–H groups in total. The lowest BCUT2D eigenvalue weighted by atomic mass is 10.2. The van der Waals surface area contributed by atoms with E-state index in [1.807, 2.05) is 43.1 Å². The molecule has 0 aliphatic rings. The summed E-state index contributed by atoms with van der Waals surface area (Å²) in [5.74, 6) is 0.514. The molecule has 0 aliphatic carbocycles. The lowest BCUT2D eigenvalue weighted by molar-refractivity contribution is -0.124. The molecule has 3 amide bonds. The maximum absolute atomic E-state index is 11.9. The molecule has 1 aromatic rings. The molecule has 1 rings (SSSR count). The van der Waals surface area contributed by atoms with E-state index in [2.05, 4.69) is 10.6 Å². The number of carbonyl (C=O) groups is 2. The number of amides is 3. The largest absolute Gasteiger partial charge is 0.492 e. The Kier molecular flexibility index (Phi) is 7.39. The van der Waals surface area contributed by atoms with Crippen molar-refractivity contribution in [1.29, 1.82) is 0 Å². The number of nitrogens with zero attached hydrogens (tertiary/aromatic N) is 1. The first-order valence-electron chi connectivity index (χ1n) is 7.43. The van der Waals surface area contributed by atoms with E-state index in [1.54, 1.807) is 13.8 Å². The zero-order valence-corrected chi connectivity index (χ0v) is 13.7. The molecule has 0 spiro atoms. The lowest BCUT2D eigenvalue weighted by Gasteiger charge is -2.23.